The van der Waals surface area contributed by atoms with E-state index in [-0.39, 0.29) is 6.04 Å². The molecular formula is C13H18N4O2. The molecule has 102 valence electrons. The van der Waals surface area contributed by atoms with Crippen LogP contribution in [0.15, 0.2) is 6.33 Å². The number of nitrogens with zero attached hydrogens (tertiary/aromatic N) is 3. The van der Waals surface area contributed by atoms with Crippen LogP contribution in [-0.2, 0) is 12.8 Å². The van der Waals surface area contributed by atoms with Crippen LogP contribution in [0.1, 0.15) is 35.8 Å². The molecule has 0 spiro atoms. The number of rotatable bonds is 1. The van der Waals surface area contributed by atoms with Gasteiger partial charge in [0.05, 0.1) is 11.7 Å². The molecule has 1 fully saturated rings. The van der Waals surface area contributed by atoms with Crippen molar-refractivity contribution >= 4 is 6.09 Å². The largest absolute Gasteiger partial charge is 0.465 e. The van der Waals surface area contributed by atoms with Gasteiger partial charge in [-0.2, -0.15) is 0 Å². The van der Waals surface area contributed by atoms with Crippen LogP contribution < -0.4 is 5.32 Å². The summed E-state index contributed by atoms with van der Waals surface area (Å²) in [6, 6.07) is -0.180. The third-order valence-electron chi connectivity index (χ3n) is 3.96. The Morgan fingerprint density at radius 1 is 1.37 bits per heavy atom. The Hall–Kier alpha value is -1.69. The summed E-state index contributed by atoms with van der Waals surface area (Å²) in [6.45, 7) is 1.85. The summed E-state index contributed by atoms with van der Waals surface area (Å²) >= 11 is 0. The van der Waals surface area contributed by atoms with E-state index in [1.54, 1.807) is 6.33 Å². The number of amides is 1. The number of hydrogen-bond acceptors (Lipinski definition) is 4. The Balaban J connectivity index is 1.98. The molecule has 19 heavy (non-hydrogen) atoms. The number of piperazine rings is 1. The summed E-state index contributed by atoms with van der Waals surface area (Å²) in [5.41, 5.74) is 3.18. The average Bonchev–Trinajstić information content (AvgIpc) is 2.46. The van der Waals surface area contributed by atoms with E-state index >= 15 is 0 Å². The lowest BCUT2D eigenvalue weighted by atomic mass is 9.91. The topological polar surface area (TPSA) is 78.4 Å². The lowest BCUT2D eigenvalue weighted by Crippen LogP contribution is -2.48. The smallest absolute Gasteiger partial charge is 0.407 e. The summed E-state index contributed by atoms with van der Waals surface area (Å²) in [5, 5.41) is 12.6. The van der Waals surface area contributed by atoms with Gasteiger partial charge in [-0.25, -0.2) is 14.8 Å². The molecule has 0 bridgehead atoms. The van der Waals surface area contributed by atoms with Gasteiger partial charge >= 0.3 is 6.09 Å². The van der Waals surface area contributed by atoms with E-state index in [4.69, 9.17) is 0 Å². The molecule has 2 heterocycles. The van der Waals surface area contributed by atoms with Crippen LogP contribution in [-0.4, -0.2) is 45.7 Å². The molecule has 2 aliphatic rings. The number of carbonyl (C=O) groups is 1. The molecule has 0 aromatic carbocycles. The molecule has 0 radical (unpaired) electrons. The molecule has 6 heteroatoms. The highest BCUT2D eigenvalue weighted by atomic mass is 16.4. The molecule has 1 aliphatic heterocycles. The second-order valence-electron chi connectivity index (χ2n) is 5.09. The summed E-state index contributed by atoms with van der Waals surface area (Å²) in [4.78, 5) is 21.6. The fraction of sp³-hybridized carbons (Fsp3) is 0.615. The van der Waals surface area contributed by atoms with Gasteiger partial charge in [0.25, 0.3) is 0 Å². The lowest BCUT2D eigenvalue weighted by Gasteiger charge is -2.35. The Morgan fingerprint density at radius 3 is 3.05 bits per heavy atom. The predicted molar refractivity (Wildman–Crippen MR) is 69.0 cm³/mol. The van der Waals surface area contributed by atoms with E-state index in [9.17, 15) is 9.90 Å². The normalized spacial score (nSPS) is 22.9. The molecule has 0 saturated carbocycles. The molecule has 6 nitrogen and oxygen atoms in total. The van der Waals surface area contributed by atoms with Gasteiger partial charge in [-0.1, -0.05) is 0 Å². The molecule has 1 aromatic rings. The number of nitrogens with one attached hydrogen (secondary N) is 1. The maximum Gasteiger partial charge on any atom is 0.407 e. The van der Waals surface area contributed by atoms with Crippen LogP contribution in [0.25, 0.3) is 0 Å². The van der Waals surface area contributed by atoms with Gasteiger partial charge in [0.2, 0.25) is 0 Å². The lowest BCUT2D eigenvalue weighted by molar-refractivity contribution is 0.110. The summed E-state index contributed by atoms with van der Waals surface area (Å²) in [6.07, 6.45) is 4.96. The molecule has 2 N–H and O–H groups in total. The molecule has 1 aliphatic carbocycles. The summed E-state index contributed by atoms with van der Waals surface area (Å²) in [7, 11) is 0. The standard InChI is InChI=1S/C13H18N4O2/c18-13(19)17-6-5-14-7-11(17)12-9-3-1-2-4-10(9)15-8-16-12/h8,11,14H,1-7H2,(H,18,19). The Kier molecular flexibility index (Phi) is 3.33. The number of fused-ring (bicyclic) bond motifs is 1. The van der Waals surface area contributed by atoms with Gasteiger partial charge in [0.1, 0.15) is 6.33 Å². The minimum Gasteiger partial charge on any atom is -0.465 e. The van der Waals surface area contributed by atoms with E-state index in [0.29, 0.717) is 19.6 Å². The second-order valence-corrected chi connectivity index (χ2v) is 5.09. The van der Waals surface area contributed by atoms with Crippen molar-refractivity contribution in [2.24, 2.45) is 0 Å². The Bertz CT molecular complexity index is 492. The van der Waals surface area contributed by atoms with Gasteiger partial charge in [0, 0.05) is 25.3 Å². The molecule has 3 rings (SSSR count). The zero-order chi connectivity index (χ0) is 13.2. The summed E-state index contributed by atoms with van der Waals surface area (Å²) < 4.78 is 0. The van der Waals surface area contributed by atoms with Crippen molar-refractivity contribution in [2.75, 3.05) is 19.6 Å². The van der Waals surface area contributed by atoms with E-state index in [1.807, 2.05) is 0 Å². The average molecular weight is 262 g/mol. The predicted octanol–water partition coefficient (Wildman–Crippen LogP) is 0.980. The molecule has 1 aromatic heterocycles. The van der Waals surface area contributed by atoms with Crippen LogP contribution in [0.3, 0.4) is 0 Å². The first-order valence-electron chi connectivity index (χ1n) is 6.80. The van der Waals surface area contributed by atoms with Crippen molar-refractivity contribution in [1.29, 1.82) is 0 Å². The van der Waals surface area contributed by atoms with Crippen molar-refractivity contribution in [1.82, 2.24) is 20.2 Å². The zero-order valence-corrected chi connectivity index (χ0v) is 10.8. The molecule has 1 atom stereocenters. The number of carboxylic acid groups (broad SMARTS) is 1. The minimum atomic E-state index is -0.866. The van der Waals surface area contributed by atoms with Crippen LogP contribution in [0.4, 0.5) is 4.79 Å². The number of aromatic nitrogens is 2. The van der Waals surface area contributed by atoms with E-state index in [1.165, 1.54) is 10.5 Å². The summed E-state index contributed by atoms with van der Waals surface area (Å²) in [5.74, 6) is 0. The highest BCUT2D eigenvalue weighted by Gasteiger charge is 2.31. The molecule has 1 unspecified atom stereocenters. The SMILES string of the molecule is O=C(O)N1CCNCC1c1ncnc2c1CCCC2. The monoisotopic (exact) mass is 262 g/mol. The van der Waals surface area contributed by atoms with Gasteiger partial charge < -0.3 is 10.4 Å². The molecular weight excluding hydrogens is 244 g/mol. The first-order valence-corrected chi connectivity index (χ1v) is 6.80. The zero-order valence-electron chi connectivity index (χ0n) is 10.8. The third-order valence-corrected chi connectivity index (χ3v) is 3.96. The van der Waals surface area contributed by atoms with Crippen molar-refractivity contribution in [2.45, 2.75) is 31.7 Å². The highest BCUT2D eigenvalue weighted by Crippen LogP contribution is 2.29. The van der Waals surface area contributed by atoms with Gasteiger partial charge in [-0.15, -0.1) is 0 Å². The first kappa shape index (κ1) is 12.3. The van der Waals surface area contributed by atoms with Crippen molar-refractivity contribution in [3.8, 4) is 0 Å². The van der Waals surface area contributed by atoms with Crippen molar-refractivity contribution in [3.05, 3.63) is 23.3 Å². The Labute approximate surface area is 111 Å². The van der Waals surface area contributed by atoms with Crippen molar-refractivity contribution in [3.63, 3.8) is 0 Å². The molecule has 1 saturated heterocycles. The van der Waals surface area contributed by atoms with Crippen LogP contribution in [0.5, 0.6) is 0 Å². The van der Waals surface area contributed by atoms with Crippen LogP contribution in [0.2, 0.25) is 0 Å². The molecule has 1 amide bonds. The maximum atomic E-state index is 11.4. The first-order chi connectivity index (χ1) is 9.27. The minimum absolute atomic E-state index is 0.180. The second kappa shape index (κ2) is 5.13. The quantitative estimate of drug-likeness (QED) is 0.788. The van der Waals surface area contributed by atoms with E-state index in [0.717, 1.165) is 37.1 Å². The number of aryl methyl sites for hydroxylation is 1. The Morgan fingerprint density at radius 2 is 2.21 bits per heavy atom. The maximum absolute atomic E-state index is 11.4. The fourth-order valence-corrected chi connectivity index (χ4v) is 3.01. The van der Waals surface area contributed by atoms with E-state index < -0.39 is 6.09 Å². The third kappa shape index (κ3) is 2.28. The van der Waals surface area contributed by atoms with E-state index in [2.05, 4.69) is 15.3 Å². The number of hydrogen-bond donors (Lipinski definition) is 2. The van der Waals surface area contributed by atoms with Gasteiger partial charge in [0.15, 0.2) is 0 Å². The fourth-order valence-electron chi connectivity index (χ4n) is 3.01. The van der Waals surface area contributed by atoms with Crippen LogP contribution >= 0.6 is 0 Å². The van der Waals surface area contributed by atoms with Gasteiger partial charge in [-0.3, -0.25) is 4.90 Å². The van der Waals surface area contributed by atoms with Crippen molar-refractivity contribution < 1.29 is 9.90 Å². The highest BCUT2D eigenvalue weighted by molar-refractivity contribution is 5.66. The van der Waals surface area contributed by atoms with Crippen LogP contribution in [0, 0.1) is 0 Å². The van der Waals surface area contributed by atoms with Gasteiger partial charge in [-0.05, 0) is 31.2 Å².